The summed E-state index contributed by atoms with van der Waals surface area (Å²) in [6, 6.07) is 12.3. The van der Waals surface area contributed by atoms with Gasteiger partial charge in [0.2, 0.25) is 17.7 Å². The molecule has 0 bridgehead atoms. The molecular formula is C36H51N5O9S. The second-order valence-corrected chi connectivity index (χ2v) is 13.8. The molecule has 2 rings (SSSR count). The smallest absolute Gasteiger partial charge is 0.466 e. The first kappa shape index (κ1) is 42.4. The van der Waals surface area contributed by atoms with Crippen molar-refractivity contribution in [1.29, 1.82) is 0 Å². The Morgan fingerprint density at radius 3 is 2.14 bits per heavy atom. The largest absolute Gasteiger partial charge is 0.514 e. The number of amides is 3. The van der Waals surface area contributed by atoms with Crippen LogP contribution < -0.4 is 21.1 Å². The topological polar surface area (TPSA) is 196 Å². The monoisotopic (exact) mass is 729 g/mol. The fourth-order valence-electron chi connectivity index (χ4n) is 4.74. The summed E-state index contributed by atoms with van der Waals surface area (Å²) in [6.45, 7) is 7.17. The van der Waals surface area contributed by atoms with E-state index in [1.165, 1.54) is 25.1 Å². The molecule has 280 valence electrons. The number of esters is 1. The van der Waals surface area contributed by atoms with Crippen molar-refractivity contribution in [1.82, 2.24) is 15.5 Å². The van der Waals surface area contributed by atoms with Gasteiger partial charge in [-0.05, 0) is 56.9 Å². The van der Waals surface area contributed by atoms with Gasteiger partial charge in [0.15, 0.2) is 0 Å². The molecule has 3 amide bonds. The van der Waals surface area contributed by atoms with Crippen molar-refractivity contribution in [3.63, 3.8) is 0 Å². The molecule has 0 saturated heterocycles. The van der Waals surface area contributed by atoms with Crippen molar-refractivity contribution in [2.45, 2.75) is 84.0 Å². The van der Waals surface area contributed by atoms with E-state index >= 15 is 0 Å². The number of ether oxygens (including phenoxy) is 3. The summed E-state index contributed by atoms with van der Waals surface area (Å²) in [6.07, 6.45) is 1.20. The van der Waals surface area contributed by atoms with Crippen LogP contribution in [0.15, 0.2) is 59.6 Å². The lowest BCUT2D eigenvalue weighted by molar-refractivity contribution is -0.145. The highest BCUT2D eigenvalue weighted by atomic mass is 32.2. The molecule has 2 aromatic rings. The Kier molecular flexibility index (Phi) is 18.4. The van der Waals surface area contributed by atoms with Crippen LogP contribution in [0.1, 0.15) is 58.1 Å². The standard InChI is InChI=1S/C36H51N5O9S/c1-7-20-48-32(42)17-19-41(5)35(45)31(23-26-11-9-8-10-12-26)40-33(43)29(18-21-51(6)47)39-34(44)30(38-25(4)37)22-27-13-15-28(16-14-27)50-36(46)49-24(2)3/h8-16,24,29-31H,7,17-23H2,1-6H3,(H2,37,38)(H,39,44)(H,40,43)/t29-,30-,31-,51?/m0/s1. The van der Waals surface area contributed by atoms with Crippen molar-refractivity contribution < 1.29 is 42.4 Å². The van der Waals surface area contributed by atoms with Crippen molar-refractivity contribution in [3.05, 3.63) is 65.7 Å². The predicted molar refractivity (Wildman–Crippen MR) is 195 cm³/mol. The van der Waals surface area contributed by atoms with Crippen molar-refractivity contribution >= 4 is 46.5 Å². The first-order chi connectivity index (χ1) is 24.2. The van der Waals surface area contributed by atoms with Gasteiger partial charge in [-0.1, -0.05) is 49.4 Å². The van der Waals surface area contributed by atoms with Crippen LogP contribution in [0.5, 0.6) is 5.75 Å². The van der Waals surface area contributed by atoms with Crippen molar-refractivity contribution in [2.75, 3.05) is 32.2 Å². The molecule has 2 aromatic carbocycles. The number of amidine groups is 1. The van der Waals surface area contributed by atoms with Crippen LogP contribution in [0.4, 0.5) is 4.79 Å². The number of nitrogens with zero attached hydrogens (tertiary/aromatic N) is 2. The maximum absolute atomic E-state index is 13.8. The normalized spacial score (nSPS) is 13.7. The minimum atomic E-state index is -1.29. The summed E-state index contributed by atoms with van der Waals surface area (Å²) >= 11 is 0. The van der Waals surface area contributed by atoms with Gasteiger partial charge in [0.05, 0.1) is 25.0 Å². The highest BCUT2D eigenvalue weighted by molar-refractivity contribution is 7.84. The molecule has 51 heavy (non-hydrogen) atoms. The molecule has 4 atom stereocenters. The molecule has 1 unspecified atom stereocenters. The van der Waals surface area contributed by atoms with Gasteiger partial charge in [0, 0.05) is 49.2 Å². The molecule has 15 heteroatoms. The Morgan fingerprint density at radius 2 is 1.55 bits per heavy atom. The summed E-state index contributed by atoms with van der Waals surface area (Å²) in [7, 11) is 0.243. The Hall–Kier alpha value is -4.79. The van der Waals surface area contributed by atoms with Crippen LogP contribution in [-0.2, 0) is 52.3 Å². The van der Waals surface area contributed by atoms with E-state index in [1.54, 1.807) is 38.1 Å². The van der Waals surface area contributed by atoms with Crippen LogP contribution in [0.3, 0.4) is 0 Å². The molecule has 0 radical (unpaired) electrons. The third-order valence-corrected chi connectivity index (χ3v) is 8.08. The summed E-state index contributed by atoms with van der Waals surface area (Å²) < 4.78 is 27.3. The molecule has 0 saturated carbocycles. The predicted octanol–water partition coefficient (Wildman–Crippen LogP) is 2.68. The number of hydrogen-bond acceptors (Lipinski definition) is 10. The highest BCUT2D eigenvalue weighted by Crippen LogP contribution is 2.16. The zero-order valence-corrected chi connectivity index (χ0v) is 31.0. The van der Waals surface area contributed by atoms with Crippen molar-refractivity contribution in [3.8, 4) is 5.75 Å². The lowest BCUT2D eigenvalue weighted by Gasteiger charge is -2.27. The third-order valence-electron chi connectivity index (χ3n) is 7.27. The van der Waals surface area contributed by atoms with Gasteiger partial charge in [-0.3, -0.25) is 28.4 Å². The van der Waals surface area contributed by atoms with Crippen LogP contribution in [0.25, 0.3) is 0 Å². The van der Waals surface area contributed by atoms with E-state index in [0.717, 1.165) is 5.56 Å². The van der Waals surface area contributed by atoms with Crippen LogP contribution in [-0.4, -0.2) is 101 Å². The lowest BCUT2D eigenvalue weighted by Crippen LogP contribution is -2.56. The van der Waals surface area contributed by atoms with E-state index in [9.17, 15) is 28.2 Å². The van der Waals surface area contributed by atoms with Crippen LogP contribution in [0.2, 0.25) is 0 Å². The van der Waals surface area contributed by atoms with Gasteiger partial charge in [-0.2, -0.15) is 0 Å². The Labute approximate surface area is 302 Å². The first-order valence-electron chi connectivity index (χ1n) is 16.8. The SMILES string of the molecule is CCCOC(=O)CCN(C)C(=O)[C@H](Cc1ccccc1)NC(=O)[C@H](CCS(C)=O)NC(=O)[C@H](Cc1ccc(OC(=O)OC(C)C)cc1)N=C(C)N. The van der Waals surface area contributed by atoms with Gasteiger partial charge in [0.25, 0.3) is 0 Å². The number of carbonyl (C=O) groups is 5. The molecule has 0 aromatic heterocycles. The molecule has 4 N–H and O–H groups in total. The Balaban J connectivity index is 2.26. The van der Waals surface area contributed by atoms with Crippen LogP contribution >= 0.6 is 0 Å². The van der Waals surface area contributed by atoms with E-state index in [2.05, 4.69) is 15.6 Å². The number of likely N-dealkylation sites (N-methyl/N-ethyl adjacent to an activating group) is 1. The molecule has 0 aliphatic heterocycles. The number of nitrogens with two attached hydrogens (primary N) is 1. The molecule has 0 aliphatic carbocycles. The van der Waals surface area contributed by atoms with Crippen molar-refractivity contribution in [2.24, 2.45) is 10.7 Å². The number of aliphatic imine (C=N–C) groups is 1. The van der Waals surface area contributed by atoms with E-state index in [4.69, 9.17) is 19.9 Å². The minimum Gasteiger partial charge on any atom is -0.466 e. The van der Waals surface area contributed by atoms with Gasteiger partial charge in [-0.15, -0.1) is 0 Å². The summed E-state index contributed by atoms with van der Waals surface area (Å²) in [5.41, 5.74) is 7.31. The number of nitrogens with one attached hydrogen (secondary N) is 2. The first-order valence-corrected chi connectivity index (χ1v) is 18.5. The molecule has 0 fully saturated rings. The molecule has 0 aliphatic rings. The van der Waals surface area contributed by atoms with E-state index in [0.29, 0.717) is 12.0 Å². The summed E-state index contributed by atoms with van der Waals surface area (Å²) in [5.74, 6) is -1.66. The Bertz CT molecular complexity index is 1500. The summed E-state index contributed by atoms with van der Waals surface area (Å²) in [4.78, 5) is 70.7. The van der Waals surface area contributed by atoms with E-state index in [-0.39, 0.29) is 62.3 Å². The highest BCUT2D eigenvalue weighted by Gasteiger charge is 2.31. The van der Waals surface area contributed by atoms with Crippen LogP contribution in [0, 0.1) is 0 Å². The molecule has 0 heterocycles. The zero-order chi connectivity index (χ0) is 37.9. The minimum absolute atomic E-state index is 0.0157. The van der Waals surface area contributed by atoms with E-state index < -0.39 is 58.8 Å². The lowest BCUT2D eigenvalue weighted by atomic mass is 10.0. The van der Waals surface area contributed by atoms with Gasteiger partial charge >= 0.3 is 12.1 Å². The fraction of sp³-hybridized carbons (Fsp3) is 0.500. The maximum Gasteiger partial charge on any atom is 0.514 e. The second kappa shape index (κ2) is 22.1. The molecular weight excluding hydrogens is 678 g/mol. The maximum atomic E-state index is 13.8. The zero-order valence-electron chi connectivity index (χ0n) is 30.2. The number of benzene rings is 2. The fourth-order valence-corrected chi connectivity index (χ4v) is 5.31. The average Bonchev–Trinajstić information content (AvgIpc) is 3.07. The quantitative estimate of drug-likeness (QED) is 0.0789. The average molecular weight is 730 g/mol. The van der Waals surface area contributed by atoms with Gasteiger partial charge in [-0.25, -0.2) is 4.79 Å². The van der Waals surface area contributed by atoms with Gasteiger partial charge < -0.3 is 35.5 Å². The summed E-state index contributed by atoms with van der Waals surface area (Å²) in [5, 5.41) is 5.52. The molecule has 14 nitrogen and oxygen atoms in total. The number of hydrogen-bond donors (Lipinski definition) is 3. The second-order valence-electron chi connectivity index (χ2n) is 12.3. The van der Waals surface area contributed by atoms with Gasteiger partial charge in [0.1, 0.15) is 23.9 Å². The molecule has 0 spiro atoms. The number of rotatable bonds is 20. The van der Waals surface area contributed by atoms with E-state index in [1.807, 2.05) is 37.3 Å². The number of carbonyl (C=O) groups excluding carboxylic acids is 5. The third kappa shape index (κ3) is 16.6. The Morgan fingerprint density at radius 1 is 0.922 bits per heavy atom.